The van der Waals surface area contributed by atoms with Crippen LogP contribution >= 0.6 is 0 Å². The van der Waals surface area contributed by atoms with E-state index >= 15 is 0 Å². The maximum Gasteiger partial charge on any atom is 0.253 e. The first kappa shape index (κ1) is 24.2. The lowest BCUT2D eigenvalue weighted by molar-refractivity contribution is -0.117. The van der Waals surface area contributed by atoms with Gasteiger partial charge in [0.2, 0.25) is 15.9 Å². The molecule has 2 N–H and O–H groups in total. The number of anilines is 2. The summed E-state index contributed by atoms with van der Waals surface area (Å²) < 4.78 is 31.4. The molecule has 0 spiro atoms. The smallest absolute Gasteiger partial charge is 0.253 e. The second-order valence-corrected chi connectivity index (χ2v) is 9.20. The minimum absolute atomic E-state index is 0.0737. The highest BCUT2D eigenvalue weighted by atomic mass is 32.2. The van der Waals surface area contributed by atoms with E-state index in [0.717, 1.165) is 10.6 Å². The molecule has 0 radical (unpaired) electrons. The number of para-hydroxylation sites is 1. The van der Waals surface area contributed by atoms with Gasteiger partial charge in [-0.25, -0.2) is 8.42 Å². The highest BCUT2D eigenvalue weighted by Gasteiger charge is 2.32. The predicted octanol–water partition coefficient (Wildman–Crippen LogP) is 3.02. The Kier molecular flexibility index (Phi) is 8.04. The van der Waals surface area contributed by atoms with E-state index in [1.807, 2.05) is 13.8 Å². The van der Waals surface area contributed by atoms with Crippen LogP contribution in [0, 0.1) is 0 Å². The maximum atomic E-state index is 13.2. The van der Waals surface area contributed by atoms with E-state index in [1.54, 1.807) is 55.5 Å². The van der Waals surface area contributed by atoms with Crippen molar-refractivity contribution < 1.29 is 22.7 Å². The molecular formula is C22H29N3O5S. The molecule has 0 saturated heterocycles. The second-order valence-electron chi connectivity index (χ2n) is 7.34. The molecule has 31 heavy (non-hydrogen) atoms. The van der Waals surface area contributed by atoms with Crippen molar-refractivity contribution in [2.45, 2.75) is 39.3 Å². The van der Waals surface area contributed by atoms with Crippen molar-refractivity contribution in [1.29, 1.82) is 0 Å². The molecule has 0 aliphatic carbocycles. The summed E-state index contributed by atoms with van der Waals surface area (Å²) in [4.78, 5) is 25.6. The summed E-state index contributed by atoms with van der Waals surface area (Å²) in [6.45, 7) is 5.40. The van der Waals surface area contributed by atoms with E-state index < -0.39 is 22.0 Å². The third-order valence-corrected chi connectivity index (χ3v) is 5.69. The first-order valence-electron chi connectivity index (χ1n) is 9.92. The standard InChI is InChI=1S/C22H29N3O5S/c1-6-20(25(31(5,28)29)16-11-13-17(30-4)14-12-16)22(27)24-19-10-8-7-9-18(19)21(26)23-15(2)3/h7-15,20H,6H2,1-5H3,(H,23,26)(H,24,27)/t20-/m0/s1. The molecule has 0 saturated carbocycles. The van der Waals surface area contributed by atoms with Crippen LogP contribution in [-0.2, 0) is 14.8 Å². The summed E-state index contributed by atoms with van der Waals surface area (Å²) in [6.07, 6.45) is 1.28. The van der Waals surface area contributed by atoms with E-state index in [9.17, 15) is 18.0 Å². The molecule has 0 aliphatic heterocycles. The molecule has 0 heterocycles. The number of amides is 2. The summed E-state index contributed by atoms with van der Waals surface area (Å²) in [5.74, 6) is -0.289. The van der Waals surface area contributed by atoms with Gasteiger partial charge in [-0.2, -0.15) is 0 Å². The van der Waals surface area contributed by atoms with Gasteiger partial charge >= 0.3 is 0 Å². The molecule has 8 nitrogen and oxygen atoms in total. The minimum Gasteiger partial charge on any atom is -0.497 e. The molecule has 1 atom stereocenters. The van der Waals surface area contributed by atoms with Crippen LogP contribution < -0.4 is 19.7 Å². The Balaban J connectivity index is 2.38. The van der Waals surface area contributed by atoms with E-state index in [4.69, 9.17) is 4.74 Å². The Bertz CT molecular complexity index is 1020. The lowest BCUT2D eigenvalue weighted by Gasteiger charge is -2.30. The Labute approximate surface area is 183 Å². The van der Waals surface area contributed by atoms with E-state index in [-0.39, 0.29) is 18.4 Å². The average molecular weight is 448 g/mol. The number of ether oxygens (including phenoxy) is 1. The SMILES string of the molecule is CC[C@@H](C(=O)Nc1ccccc1C(=O)NC(C)C)N(c1ccc(OC)cc1)S(C)(=O)=O. The van der Waals surface area contributed by atoms with Gasteiger partial charge in [-0.15, -0.1) is 0 Å². The molecule has 0 bridgehead atoms. The number of carbonyl (C=O) groups excluding carboxylic acids is 2. The zero-order chi connectivity index (χ0) is 23.2. The third kappa shape index (κ3) is 6.21. The van der Waals surface area contributed by atoms with Crippen molar-refractivity contribution in [1.82, 2.24) is 5.32 Å². The van der Waals surface area contributed by atoms with Crippen molar-refractivity contribution in [3.63, 3.8) is 0 Å². The Morgan fingerprint density at radius 2 is 1.68 bits per heavy atom. The summed E-state index contributed by atoms with van der Waals surface area (Å²) in [5, 5.41) is 5.52. The second kappa shape index (κ2) is 10.3. The summed E-state index contributed by atoms with van der Waals surface area (Å²) in [6, 6.07) is 11.9. The van der Waals surface area contributed by atoms with Crippen molar-refractivity contribution in [3.8, 4) is 5.75 Å². The van der Waals surface area contributed by atoms with E-state index in [0.29, 0.717) is 22.7 Å². The Morgan fingerprint density at radius 3 is 2.19 bits per heavy atom. The average Bonchev–Trinajstić information content (AvgIpc) is 2.71. The molecule has 0 aromatic heterocycles. The van der Waals surface area contributed by atoms with Crippen LogP contribution in [0.1, 0.15) is 37.6 Å². The van der Waals surface area contributed by atoms with Crippen molar-refractivity contribution >= 4 is 33.2 Å². The summed E-state index contributed by atoms with van der Waals surface area (Å²) >= 11 is 0. The zero-order valence-corrected chi connectivity index (χ0v) is 19.2. The van der Waals surface area contributed by atoms with Gasteiger partial charge < -0.3 is 15.4 Å². The van der Waals surface area contributed by atoms with Crippen molar-refractivity contribution in [2.75, 3.05) is 23.0 Å². The normalized spacial score (nSPS) is 12.2. The number of hydrogen-bond donors (Lipinski definition) is 2. The maximum absolute atomic E-state index is 13.2. The molecule has 2 rings (SSSR count). The monoisotopic (exact) mass is 447 g/mol. The number of sulfonamides is 1. The predicted molar refractivity (Wildman–Crippen MR) is 122 cm³/mol. The lowest BCUT2D eigenvalue weighted by Crippen LogP contribution is -2.47. The van der Waals surface area contributed by atoms with Gasteiger partial charge in [0.05, 0.1) is 30.3 Å². The molecule has 0 unspecified atom stereocenters. The van der Waals surface area contributed by atoms with Crippen LogP contribution in [0.2, 0.25) is 0 Å². The third-order valence-electron chi connectivity index (χ3n) is 4.51. The van der Waals surface area contributed by atoms with Crippen LogP contribution in [0.25, 0.3) is 0 Å². The van der Waals surface area contributed by atoms with Crippen LogP contribution in [-0.4, -0.2) is 45.7 Å². The number of nitrogens with one attached hydrogen (secondary N) is 2. The molecule has 0 fully saturated rings. The quantitative estimate of drug-likeness (QED) is 0.615. The molecule has 9 heteroatoms. The van der Waals surface area contributed by atoms with Crippen molar-refractivity contribution in [3.05, 3.63) is 54.1 Å². The fraction of sp³-hybridized carbons (Fsp3) is 0.364. The number of benzene rings is 2. The number of nitrogens with zero attached hydrogens (tertiary/aromatic N) is 1. The van der Waals surface area contributed by atoms with Gasteiger partial charge in [-0.05, 0) is 56.7 Å². The Morgan fingerprint density at radius 1 is 1.06 bits per heavy atom. The van der Waals surface area contributed by atoms with Crippen molar-refractivity contribution in [2.24, 2.45) is 0 Å². The molecule has 0 aliphatic rings. The van der Waals surface area contributed by atoms with Gasteiger partial charge in [0, 0.05) is 6.04 Å². The van der Waals surface area contributed by atoms with Gasteiger partial charge in [-0.3, -0.25) is 13.9 Å². The van der Waals surface area contributed by atoms with Crippen LogP contribution in [0.4, 0.5) is 11.4 Å². The van der Waals surface area contributed by atoms with Gasteiger partial charge in [0.1, 0.15) is 11.8 Å². The molecule has 2 aromatic carbocycles. The molecule has 2 aromatic rings. The largest absolute Gasteiger partial charge is 0.497 e. The van der Waals surface area contributed by atoms with E-state index in [1.165, 1.54) is 7.11 Å². The summed E-state index contributed by atoms with van der Waals surface area (Å²) in [7, 11) is -2.26. The van der Waals surface area contributed by atoms with E-state index in [2.05, 4.69) is 10.6 Å². The number of rotatable bonds is 9. The van der Waals surface area contributed by atoms with Crippen LogP contribution in [0.5, 0.6) is 5.75 Å². The topological polar surface area (TPSA) is 105 Å². The molecular weight excluding hydrogens is 418 g/mol. The number of methoxy groups -OCH3 is 1. The van der Waals surface area contributed by atoms with Crippen LogP contribution in [0.3, 0.4) is 0 Å². The highest BCUT2D eigenvalue weighted by Crippen LogP contribution is 2.26. The number of carbonyl (C=O) groups is 2. The number of hydrogen-bond acceptors (Lipinski definition) is 5. The summed E-state index contributed by atoms with van der Waals surface area (Å²) in [5.41, 5.74) is 0.957. The van der Waals surface area contributed by atoms with Gasteiger partial charge in [-0.1, -0.05) is 19.1 Å². The highest BCUT2D eigenvalue weighted by molar-refractivity contribution is 7.92. The molecule has 2 amide bonds. The van der Waals surface area contributed by atoms with Gasteiger partial charge in [0.15, 0.2) is 0 Å². The van der Waals surface area contributed by atoms with Crippen LogP contribution in [0.15, 0.2) is 48.5 Å². The minimum atomic E-state index is -3.78. The fourth-order valence-electron chi connectivity index (χ4n) is 3.14. The fourth-order valence-corrected chi connectivity index (χ4v) is 4.35. The lowest BCUT2D eigenvalue weighted by atomic mass is 10.1. The first-order valence-corrected chi connectivity index (χ1v) is 11.8. The molecule has 168 valence electrons. The Hall–Kier alpha value is -3.07. The zero-order valence-electron chi connectivity index (χ0n) is 18.4. The first-order chi connectivity index (χ1) is 14.6. The van der Waals surface area contributed by atoms with Gasteiger partial charge in [0.25, 0.3) is 5.91 Å².